The Kier molecular flexibility index (Phi) is 4.99. The van der Waals surface area contributed by atoms with Crippen LogP contribution in [0.2, 0.25) is 0 Å². The van der Waals surface area contributed by atoms with E-state index in [1.165, 1.54) is 16.9 Å². The van der Waals surface area contributed by atoms with Crippen molar-refractivity contribution < 1.29 is 4.79 Å². The van der Waals surface area contributed by atoms with Gasteiger partial charge in [0.15, 0.2) is 10.8 Å². The van der Waals surface area contributed by atoms with Gasteiger partial charge in [-0.1, -0.05) is 30.3 Å². The van der Waals surface area contributed by atoms with Gasteiger partial charge in [0.05, 0.1) is 18.3 Å². The Morgan fingerprint density at radius 1 is 1.15 bits per heavy atom. The highest BCUT2D eigenvalue weighted by Gasteiger charge is 2.29. The Labute approximate surface area is 155 Å². The van der Waals surface area contributed by atoms with Crippen molar-refractivity contribution in [1.29, 1.82) is 0 Å². The molecule has 0 aliphatic carbocycles. The first-order chi connectivity index (χ1) is 12.8. The van der Waals surface area contributed by atoms with Gasteiger partial charge in [0.2, 0.25) is 5.91 Å². The SMILES string of the molecule is O=C(NCc1csc(-c2ncccn2)n1)[C@H]1CC[C@H](c2ccccc2)N1. The molecule has 1 aromatic carbocycles. The van der Waals surface area contributed by atoms with Gasteiger partial charge in [-0.15, -0.1) is 11.3 Å². The summed E-state index contributed by atoms with van der Waals surface area (Å²) in [6.45, 7) is 0.413. The molecule has 26 heavy (non-hydrogen) atoms. The predicted molar refractivity (Wildman–Crippen MR) is 100 cm³/mol. The number of nitrogens with one attached hydrogen (secondary N) is 2. The van der Waals surface area contributed by atoms with E-state index in [9.17, 15) is 4.79 Å². The molecule has 2 N–H and O–H groups in total. The normalized spacial score (nSPS) is 19.4. The third-order valence-corrected chi connectivity index (χ3v) is 5.30. The molecule has 1 aliphatic rings. The molecule has 1 saturated heterocycles. The van der Waals surface area contributed by atoms with Crippen LogP contribution in [0.5, 0.6) is 0 Å². The molecule has 132 valence electrons. The van der Waals surface area contributed by atoms with Crippen LogP contribution >= 0.6 is 11.3 Å². The Bertz CT molecular complexity index is 868. The maximum atomic E-state index is 12.4. The highest BCUT2D eigenvalue weighted by molar-refractivity contribution is 7.13. The van der Waals surface area contributed by atoms with Crippen LogP contribution in [-0.2, 0) is 11.3 Å². The minimum absolute atomic E-state index is 0.0222. The van der Waals surface area contributed by atoms with Crippen molar-refractivity contribution in [3.8, 4) is 10.8 Å². The van der Waals surface area contributed by atoms with Crippen molar-refractivity contribution >= 4 is 17.2 Å². The summed E-state index contributed by atoms with van der Waals surface area (Å²) in [6, 6.07) is 12.1. The average Bonchev–Trinajstić information content (AvgIpc) is 3.37. The fourth-order valence-corrected chi connectivity index (χ4v) is 3.86. The number of amides is 1. The van der Waals surface area contributed by atoms with Crippen molar-refractivity contribution in [2.45, 2.75) is 31.5 Å². The van der Waals surface area contributed by atoms with Gasteiger partial charge in [-0.25, -0.2) is 15.0 Å². The number of carbonyl (C=O) groups excluding carboxylic acids is 1. The van der Waals surface area contributed by atoms with Gasteiger partial charge in [0.25, 0.3) is 0 Å². The lowest BCUT2D eigenvalue weighted by Gasteiger charge is -2.14. The lowest BCUT2D eigenvalue weighted by atomic mass is 10.1. The number of benzene rings is 1. The summed E-state index contributed by atoms with van der Waals surface area (Å²) in [5, 5.41) is 9.10. The van der Waals surface area contributed by atoms with E-state index >= 15 is 0 Å². The summed E-state index contributed by atoms with van der Waals surface area (Å²) in [5.74, 6) is 0.632. The number of hydrogen-bond acceptors (Lipinski definition) is 6. The molecule has 7 heteroatoms. The smallest absolute Gasteiger partial charge is 0.237 e. The predicted octanol–water partition coefficient (Wildman–Crippen LogP) is 2.71. The lowest BCUT2D eigenvalue weighted by molar-refractivity contribution is -0.123. The molecule has 0 bridgehead atoms. The molecule has 1 amide bonds. The van der Waals surface area contributed by atoms with Gasteiger partial charge in [0.1, 0.15) is 0 Å². The maximum absolute atomic E-state index is 12.4. The maximum Gasteiger partial charge on any atom is 0.237 e. The number of carbonyl (C=O) groups is 1. The Morgan fingerprint density at radius 2 is 1.96 bits per heavy atom. The van der Waals surface area contributed by atoms with Gasteiger partial charge >= 0.3 is 0 Å². The van der Waals surface area contributed by atoms with Crippen LogP contribution in [0.3, 0.4) is 0 Å². The first-order valence-corrected chi connectivity index (χ1v) is 9.48. The first-order valence-electron chi connectivity index (χ1n) is 8.60. The van der Waals surface area contributed by atoms with E-state index in [0.29, 0.717) is 12.4 Å². The van der Waals surface area contributed by atoms with Crippen LogP contribution in [0, 0.1) is 0 Å². The molecule has 0 unspecified atom stereocenters. The number of rotatable bonds is 5. The van der Waals surface area contributed by atoms with Crippen LogP contribution in [0.4, 0.5) is 0 Å². The minimum Gasteiger partial charge on any atom is -0.349 e. The largest absolute Gasteiger partial charge is 0.349 e. The summed E-state index contributed by atoms with van der Waals surface area (Å²) in [7, 11) is 0. The third kappa shape index (κ3) is 3.79. The van der Waals surface area contributed by atoms with Gasteiger partial charge in [-0.05, 0) is 24.5 Å². The molecule has 6 nitrogen and oxygen atoms in total. The summed E-state index contributed by atoms with van der Waals surface area (Å²) >= 11 is 1.48. The van der Waals surface area contributed by atoms with Crippen molar-refractivity contribution in [3.63, 3.8) is 0 Å². The summed E-state index contributed by atoms with van der Waals surface area (Å²) in [5.41, 5.74) is 2.05. The van der Waals surface area contributed by atoms with Gasteiger partial charge < -0.3 is 5.32 Å². The van der Waals surface area contributed by atoms with E-state index < -0.39 is 0 Å². The van der Waals surface area contributed by atoms with Crippen molar-refractivity contribution in [3.05, 3.63) is 65.4 Å². The zero-order valence-electron chi connectivity index (χ0n) is 14.1. The summed E-state index contributed by atoms with van der Waals surface area (Å²) in [6.07, 6.45) is 5.19. The molecule has 0 radical (unpaired) electrons. The van der Waals surface area contributed by atoms with Crippen molar-refractivity contribution in [1.82, 2.24) is 25.6 Å². The molecule has 3 aromatic rings. The summed E-state index contributed by atoms with van der Waals surface area (Å²) < 4.78 is 0. The highest BCUT2D eigenvalue weighted by Crippen LogP contribution is 2.26. The fraction of sp³-hybridized carbons (Fsp3) is 0.263. The number of nitrogens with zero attached hydrogens (tertiary/aromatic N) is 3. The lowest BCUT2D eigenvalue weighted by Crippen LogP contribution is -2.40. The van der Waals surface area contributed by atoms with Crippen LogP contribution in [0.15, 0.2) is 54.2 Å². The molecule has 2 aromatic heterocycles. The summed E-state index contributed by atoms with van der Waals surface area (Å²) in [4.78, 5) is 25.3. The molecule has 0 spiro atoms. The number of hydrogen-bond donors (Lipinski definition) is 2. The van der Waals surface area contributed by atoms with E-state index in [-0.39, 0.29) is 18.0 Å². The molecular weight excluding hydrogens is 346 g/mol. The van der Waals surface area contributed by atoms with Crippen LogP contribution in [0.1, 0.15) is 30.1 Å². The zero-order valence-corrected chi connectivity index (χ0v) is 14.9. The number of aromatic nitrogens is 3. The van der Waals surface area contributed by atoms with E-state index in [0.717, 1.165) is 23.5 Å². The Morgan fingerprint density at radius 3 is 2.77 bits per heavy atom. The third-order valence-electron chi connectivity index (χ3n) is 4.42. The molecule has 1 fully saturated rings. The first kappa shape index (κ1) is 16.8. The van der Waals surface area contributed by atoms with Gasteiger partial charge in [-0.3, -0.25) is 10.1 Å². The number of thiazole rings is 1. The Balaban J connectivity index is 1.31. The van der Waals surface area contributed by atoms with E-state index in [1.807, 2.05) is 23.6 Å². The van der Waals surface area contributed by atoms with E-state index in [2.05, 4.69) is 37.7 Å². The topological polar surface area (TPSA) is 79.8 Å². The minimum atomic E-state index is -0.157. The van der Waals surface area contributed by atoms with Crippen LogP contribution < -0.4 is 10.6 Å². The second-order valence-electron chi connectivity index (χ2n) is 6.19. The van der Waals surface area contributed by atoms with Crippen LogP contribution in [-0.4, -0.2) is 26.9 Å². The standard InChI is InChI=1S/C19H19N5OS/c25-18(16-8-7-15(24-16)13-5-2-1-3-6-13)22-11-14-12-26-19(23-14)17-20-9-4-10-21-17/h1-6,9-10,12,15-16,24H,7-8,11H2,(H,22,25)/t15-,16-/m1/s1. The Hall–Kier alpha value is -2.64. The molecule has 3 heterocycles. The second kappa shape index (κ2) is 7.72. The molecular formula is C19H19N5OS. The second-order valence-corrected chi connectivity index (χ2v) is 7.05. The van der Waals surface area contributed by atoms with Gasteiger partial charge in [-0.2, -0.15) is 0 Å². The zero-order chi connectivity index (χ0) is 17.8. The molecule has 1 aliphatic heterocycles. The molecule has 0 saturated carbocycles. The molecule has 2 atom stereocenters. The van der Waals surface area contributed by atoms with E-state index in [1.54, 1.807) is 18.5 Å². The van der Waals surface area contributed by atoms with Crippen molar-refractivity contribution in [2.75, 3.05) is 0 Å². The fourth-order valence-electron chi connectivity index (χ4n) is 3.10. The molecule has 4 rings (SSSR count). The van der Waals surface area contributed by atoms with Crippen LogP contribution in [0.25, 0.3) is 10.8 Å². The van der Waals surface area contributed by atoms with Crippen molar-refractivity contribution in [2.24, 2.45) is 0 Å². The highest BCUT2D eigenvalue weighted by atomic mass is 32.1. The quantitative estimate of drug-likeness (QED) is 0.727. The average molecular weight is 365 g/mol. The van der Waals surface area contributed by atoms with E-state index in [4.69, 9.17) is 0 Å². The monoisotopic (exact) mass is 365 g/mol. The van der Waals surface area contributed by atoms with Gasteiger partial charge in [0, 0.05) is 23.8 Å².